The minimum atomic E-state index is -0.534. The number of hydrogen-bond donors (Lipinski definition) is 1. The molecule has 0 bridgehead atoms. The van der Waals surface area contributed by atoms with E-state index in [2.05, 4.69) is 24.4 Å². The molecule has 0 saturated carbocycles. The Kier molecular flexibility index (Phi) is 4.89. The lowest BCUT2D eigenvalue weighted by Crippen LogP contribution is -2.30. The van der Waals surface area contributed by atoms with Gasteiger partial charge < -0.3 is 10.1 Å². The second-order valence-corrected chi connectivity index (χ2v) is 6.69. The smallest absolute Gasteiger partial charge is 0.265 e. The topological polar surface area (TPSA) is 38.3 Å². The van der Waals surface area contributed by atoms with Crippen LogP contribution in [0.3, 0.4) is 0 Å². The summed E-state index contributed by atoms with van der Waals surface area (Å²) in [4.78, 5) is 12.4. The van der Waals surface area contributed by atoms with Crippen LogP contribution in [0.15, 0.2) is 36.4 Å². The van der Waals surface area contributed by atoms with Crippen molar-refractivity contribution in [3.8, 4) is 5.75 Å². The summed E-state index contributed by atoms with van der Waals surface area (Å²) in [6.07, 6.45) is 4.23. The molecule has 1 atom stereocenters. The molecular weight excluding hydrogens is 298 g/mol. The van der Waals surface area contributed by atoms with E-state index in [9.17, 15) is 4.79 Å². The van der Waals surface area contributed by atoms with Gasteiger partial charge in [-0.3, -0.25) is 4.79 Å². The van der Waals surface area contributed by atoms with Crippen molar-refractivity contribution in [2.45, 2.75) is 52.6 Å². The lowest BCUT2D eigenvalue weighted by molar-refractivity contribution is -0.122. The van der Waals surface area contributed by atoms with Gasteiger partial charge in [-0.15, -0.1) is 0 Å². The Morgan fingerprint density at radius 2 is 1.75 bits per heavy atom. The predicted octanol–water partition coefficient (Wildman–Crippen LogP) is 4.59. The van der Waals surface area contributed by atoms with Gasteiger partial charge in [0.15, 0.2) is 6.10 Å². The Balaban J connectivity index is 1.64. The van der Waals surface area contributed by atoms with Gasteiger partial charge in [-0.25, -0.2) is 0 Å². The maximum atomic E-state index is 12.4. The molecule has 0 aliphatic heterocycles. The first-order chi connectivity index (χ1) is 11.5. The van der Waals surface area contributed by atoms with Gasteiger partial charge in [0.1, 0.15) is 5.75 Å². The van der Waals surface area contributed by atoms with Gasteiger partial charge in [-0.1, -0.05) is 12.1 Å². The van der Waals surface area contributed by atoms with Crippen molar-refractivity contribution in [1.82, 2.24) is 0 Å². The molecule has 0 heterocycles. The van der Waals surface area contributed by atoms with E-state index in [0.29, 0.717) is 0 Å². The summed E-state index contributed by atoms with van der Waals surface area (Å²) in [7, 11) is 0. The molecule has 1 aliphatic carbocycles. The van der Waals surface area contributed by atoms with Gasteiger partial charge in [0.25, 0.3) is 5.91 Å². The molecule has 3 rings (SSSR count). The zero-order valence-corrected chi connectivity index (χ0v) is 14.7. The van der Waals surface area contributed by atoms with E-state index >= 15 is 0 Å². The summed E-state index contributed by atoms with van der Waals surface area (Å²) in [5, 5.41) is 2.93. The Hall–Kier alpha value is -2.29. The average Bonchev–Trinajstić information content (AvgIpc) is 2.58. The number of anilines is 1. The van der Waals surface area contributed by atoms with E-state index in [1.54, 1.807) is 6.92 Å². The summed E-state index contributed by atoms with van der Waals surface area (Å²) in [6.45, 7) is 5.89. The number of carbonyl (C=O) groups is 1. The highest BCUT2D eigenvalue weighted by Crippen LogP contribution is 2.26. The summed E-state index contributed by atoms with van der Waals surface area (Å²) >= 11 is 0. The molecule has 0 radical (unpaired) electrons. The molecule has 1 aliphatic rings. The molecule has 2 aromatic carbocycles. The molecule has 0 spiro atoms. The molecule has 0 aromatic heterocycles. The van der Waals surface area contributed by atoms with Crippen molar-refractivity contribution < 1.29 is 9.53 Å². The van der Waals surface area contributed by atoms with Crippen molar-refractivity contribution in [2.75, 3.05) is 5.32 Å². The van der Waals surface area contributed by atoms with Gasteiger partial charge in [-0.05, 0) is 93.0 Å². The van der Waals surface area contributed by atoms with Crippen LogP contribution >= 0.6 is 0 Å². The van der Waals surface area contributed by atoms with E-state index in [-0.39, 0.29) is 5.91 Å². The maximum Gasteiger partial charge on any atom is 0.265 e. The standard InChI is InChI=1S/C21H25NO2/c1-14-8-10-19(12-15(14)2)22-21(23)16(3)24-20-11-9-17-6-4-5-7-18(17)13-20/h8-13,16H,4-7H2,1-3H3,(H,22,23)/t16-/m1/s1. The second-order valence-electron chi connectivity index (χ2n) is 6.69. The van der Waals surface area contributed by atoms with Crippen LogP contribution in [0.5, 0.6) is 5.75 Å². The number of ether oxygens (including phenoxy) is 1. The third kappa shape index (κ3) is 3.78. The highest BCUT2D eigenvalue weighted by Gasteiger charge is 2.16. The Morgan fingerprint density at radius 1 is 1.00 bits per heavy atom. The van der Waals surface area contributed by atoms with Crippen LogP contribution in [0, 0.1) is 13.8 Å². The highest BCUT2D eigenvalue weighted by molar-refractivity contribution is 5.94. The molecular formula is C21H25NO2. The summed E-state index contributed by atoms with van der Waals surface area (Å²) in [5.41, 5.74) is 5.97. The maximum absolute atomic E-state index is 12.4. The van der Waals surface area contributed by atoms with Gasteiger partial charge >= 0.3 is 0 Å². The molecule has 0 fully saturated rings. The van der Waals surface area contributed by atoms with Crippen molar-refractivity contribution >= 4 is 11.6 Å². The number of amides is 1. The van der Waals surface area contributed by atoms with Crippen LogP contribution in [0.25, 0.3) is 0 Å². The SMILES string of the molecule is Cc1ccc(NC(=O)[C@@H](C)Oc2ccc3c(c2)CCCC3)cc1C. The first-order valence-electron chi connectivity index (χ1n) is 8.69. The molecule has 3 nitrogen and oxygen atoms in total. The monoisotopic (exact) mass is 323 g/mol. The second kappa shape index (κ2) is 7.08. The fourth-order valence-corrected chi connectivity index (χ4v) is 3.10. The largest absolute Gasteiger partial charge is 0.481 e. The number of rotatable bonds is 4. The quantitative estimate of drug-likeness (QED) is 0.894. The molecule has 24 heavy (non-hydrogen) atoms. The lowest BCUT2D eigenvalue weighted by atomic mass is 9.92. The van der Waals surface area contributed by atoms with Crippen molar-refractivity contribution in [2.24, 2.45) is 0 Å². The van der Waals surface area contributed by atoms with Crippen molar-refractivity contribution in [3.63, 3.8) is 0 Å². The number of hydrogen-bond acceptors (Lipinski definition) is 2. The lowest BCUT2D eigenvalue weighted by Gasteiger charge is -2.19. The Labute approximate surface area is 144 Å². The van der Waals surface area contributed by atoms with Crippen LogP contribution in [-0.4, -0.2) is 12.0 Å². The predicted molar refractivity (Wildman–Crippen MR) is 97.7 cm³/mol. The van der Waals surface area contributed by atoms with E-state index in [1.165, 1.54) is 29.5 Å². The summed E-state index contributed by atoms with van der Waals surface area (Å²) in [6, 6.07) is 12.1. The minimum absolute atomic E-state index is 0.129. The molecule has 0 unspecified atom stereocenters. The van der Waals surface area contributed by atoms with Crippen molar-refractivity contribution in [1.29, 1.82) is 0 Å². The number of benzene rings is 2. The van der Waals surface area contributed by atoms with E-state index < -0.39 is 6.10 Å². The molecule has 3 heteroatoms. The van der Waals surface area contributed by atoms with Crippen LogP contribution in [0.1, 0.15) is 42.0 Å². The van der Waals surface area contributed by atoms with Crippen LogP contribution < -0.4 is 10.1 Å². The normalized spacial score (nSPS) is 14.6. The number of carbonyl (C=O) groups excluding carboxylic acids is 1. The van der Waals surface area contributed by atoms with Gasteiger partial charge in [0, 0.05) is 5.69 Å². The fourth-order valence-electron chi connectivity index (χ4n) is 3.10. The van der Waals surface area contributed by atoms with Crippen LogP contribution in [0.2, 0.25) is 0 Å². The van der Waals surface area contributed by atoms with Gasteiger partial charge in [-0.2, -0.15) is 0 Å². The first kappa shape index (κ1) is 16.6. The van der Waals surface area contributed by atoms with E-state index in [1.807, 2.05) is 31.2 Å². The number of fused-ring (bicyclic) bond motifs is 1. The minimum Gasteiger partial charge on any atom is -0.481 e. The van der Waals surface area contributed by atoms with E-state index in [0.717, 1.165) is 29.8 Å². The molecule has 0 saturated heterocycles. The zero-order valence-electron chi connectivity index (χ0n) is 14.7. The number of nitrogens with one attached hydrogen (secondary N) is 1. The highest BCUT2D eigenvalue weighted by atomic mass is 16.5. The van der Waals surface area contributed by atoms with Gasteiger partial charge in [0.2, 0.25) is 0 Å². The van der Waals surface area contributed by atoms with Crippen LogP contribution in [-0.2, 0) is 17.6 Å². The average molecular weight is 323 g/mol. The zero-order chi connectivity index (χ0) is 17.1. The van der Waals surface area contributed by atoms with Gasteiger partial charge in [0.05, 0.1) is 0 Å². The Morgan fingerprint density at radius 3 is 2.50 bits per heavy atom. The molecule has 1 N–H and O–H groups in total. The van der Waals surface area contributed by atoms with E-state index in [4.69, 9.17) is 4.74 Å². The number of aryl methyl sites for hydroxylation is 4. The van der Waals surface area contributed by atoms with Crippen LogP contribution in [0.4, 0.5) is 5.69 Å². The summed E-state index contributed by atoms with van der Waals surface area (Å²) < 4.78 is 5.86. The Bertz CT molecular complexity index is 751. The van der Waals surface area contributed by atoms with Crippen molar-refractivity contribution in [3.05, 3.63) is 58.7 Å². The molecule has 1 amide bonds. The summed E-state index contributed by atoms with van der Waals surface area (Å²) in [5.74, 6) is 0.648. The third-order valence-corrected chi connectivity index (χ3v) is 4.78. The third-order valence-electron chi connectivity index (χ3n) is 4.78. The molecule has 126 valence electrons. The fraction of sp³-hybridized carbons (Fsp3) is 0.381. The molecule has 2 aromatic rings. The first-order valence-corrected chi connectivity index (χ1v) is 8.69.